The lowest BCUT2D eigenvalue weighted by Gasteiger charge is -2.23. The summed E-state index contributed by atoms with van der Waals surface area (Å²) in [6.07, 6.45) is 0. The van der Waals surface area contributed by atoms with Crippen LogP contribution in [0, 0.1) is 0 Å². The van der Waals surface area contributed by atoms with Gasteiger partial charge in [-0.15, -0.1) is 0 Å². The summed E-state index contributed by atoms with van der Waals surface area (Å²) in [7, 11) is 0. The second-order valence-electron chi connectivity index (χ2n) is 3.69. The van der Waals surface area contributed by atoms with Gasteiger partial charge in [-0.05, 0) is 50.3 Å². The standard InChI is InChI=1S/C13H20N2O2S/c1-3-15(9-10-16)13(18)14-11-5-7-12(8-6-11)17-4-2/h5-8,16H,3-4,9-10H2,1-2H3,(H,14,18). The average molecular weight is 268 g/mol. The molecule has 0 unspecified atom stereocenters. The molecule has 0 fully saturated rings. The fourth-order valence-corrected chi connectivity index (χ4v) is 1.87. The highest BCUT2D eigenvalue weighted by Crippen LogP contribution is 2.16. The number of aliphatic hydroxyl groups is 1. The van der Waals surface area contributed by atoms with Gasteiger partial charge in [0.25, 0.3) is 0 Å². The summed E-state index contributed by atoms with van der Waals surface area (Å²) >= 11 is 5.28. The van der Waals surface area contributed by atoms with Crippen LogP contribution in [0.1, 0.15) is 13.8 Å². The normalized spacial score (nSPS) is 9.94. The highest BCUT2D eigenvalue weighted by Gasteiger charge is 2.06. The van der Waals surface area contributed by atoms with Gasteiger partial charge in [-0.1, -0.05) is 0 Å². The van der Waals surface area contributed by atoms with Crippen molar-refractivity contribution in [3.05, 3.63) is 24.3 Å². The van der Waals surface area contributed by atoms with Gasteiger partial charge in [0.05, 0.1) is 13.2 Å². The monoisotopic (exact) mass is 268 g/mol. The average Bonchev–Trinajstić information content (AvgIpc) is 2.38. The third-order valence-corrected chi connectivity index (χ3v) is 2.82. The van der Waals surface area contributed by atoms with Crippen molar-refractivity contribution in [1.29, 1.82) is 0 Å². The fraction of sp³-hybridized carbons (Fsp3) is 0.462. The predicted octanol–water partition coefficient (Wildman–Crippen LogP) is 2.10. The van der Waals surface area contributed by atoms with Gasteiger partial charge in [0.15, 0.2) is 5.11 Å². The quantitative estimate of drug-likeness (QED) is 0.774. The molecule has 0 spiro atoms. The number of benzene rings is 1. The Hall–Kier alpha value is -1.33. The molecule has 0 aliphatic rings. The lowest BCUT2D eigenvalue weighted by atomic mass is 10.3. The summed E-state index contributed by atoms with van der Waals surface area (Å²) in [5, 5.41) is 12.7. The lowest BCUT2D eigenvalue weighted by molar-refractivity contribution is 0.254. The molecule has 0 atom stereocenters. The summed E-state index contributed by atoms with van der Waals surface area (Å²) in [5.74, 6) is 0.844. The molecule has 0 aliphatic heterocycles. The fourth-order valence-electron chi connectivity index (χ4n) is 1.53. The van der Waals surface area contributed by atoms with E-state index in [1.54, 1.807) is 0 Å². The first-order valence-electron chi connectivity index (χ1n) is 6.10. The Kier molecular flexibility index (Phi) is 6.46. The van der Waals surface area contributed by atoms with E-state index in [9.17, 15) is 0 Å². The minimum atomic E-state index is 0.0962. The molecule has 0 radical (unpaired) electrons. The van der Waals surface area contributed by atoms with E-state index >= 15 is 0 Å². The van der Waals surface area contributed by atoms with Crippen LogP contribution in [0.5, 0.6) is 5.75 Å². The van der Waals surface area contributed by atoms with Gasteiger partial charge in [-0.2, -0.15) is 0 Å². The molecule has 4 nitrogen and oxygen atoms in total. The number of aliphatic hydroxyl groups excluding tert-OH is 1. The number of hydrogen-bond acceptors (Lipinski definition) is 3. The maximum Gasteiger partial charge on any atom is 0.173 e. The van der Waals surface area contributed by atoms with E-state index in [1.165, 1.54) is 0 Å². The number of nitrogens with zero attached hydrogens (tertiary/aromatic N) is 1. The van der Waals surface area contributed by atoms with Crippen LogP contribution in [0.4, 0.5) is 5.69 Å². The third kappa shape index (κ3) is 4.50. The van der Waals surface area contributed by atoms with Crippen LogP contribution in [-0.4, -0.2) is 41.4 Å². The molecule has 100 valence electrons. The first kappa shape index (κ1) is 14.7. The van der Waals surface area contributed by atoms with Gasteiger partial charge in [0.2, 0.25) is 0 Å². The van der Waals surface area contributed by atoms with Crippen molar-refractivity contribution in [2.75, 3.05) is 31.6 Å². The number of thiocarbonyl (C=S) groups is 1. The first-order chi connectivity index (χ1) is 8.71. The maximum absolute atomic E-state index is 8.93. The summed E-state index contributed by atoms with van der Waals surface area (Å²) < 4.78 is 5.37. The summed E-state index contributed by atoms with van der Waals surface area (Å²) in [5.41, 5.74) is 0.917. The smallest absolute Gasteiger partial charge is 0.173 e. The molecule has 0 aromatic heterocycles. The van der Waals surface area contributed by atoms with Crippen LogP contribution in [0.2, 0.25) is 0 Å². The van der Waals surface area contributed by atoms with Crippen LogP contribution >= 0.6 is 12.2 Å². The Morgan fingerprint density at radius 2 is 2.00 bits per heavy atom. The SMILES string of the molecule is CCOc1ccc(NC(=S)N(CC)CCO)cc1. The summed E-state index contributed by atoms with van der Waals surface area (Å²) in [4.78, 5) is 1.91. The molecular formula is C13H20N2O2S. The minimum absolute atomic E-state index is 0.0962. The molecule has 0 amide bonds. The number of nitrogens with one attached hydrogen (secondary N) is 1. The Bertz CT molecular complexity index is 368. The number of ether oxygens (including phenoxy) is 1. The van der Waals surface area contributed by atoms with Crippen molar-refractivity contribution < 1.29 is 9.84 Å². The second kappa shape index (κ2) is 7.89. The predicted molar refractivity (Wildman–Crippen MR) is 78.2 cm³/mol. The van der Waals surface area contributed by atoms with Gasteiger partial charge in [0, 0.05) is 18.8 Å². The Morgan fingerprint density at radius 1 is 1.33 bits per heavy atom. The van der Waals surface area contributed by atoms with Gasteiger partial charge in [-0.3, -0.25) is 0 Å². The second-order valence-corrected chi connectivity index (χ2v) is 4.08. The molecular weight excluding hydrogens is 248 g/mol. The molecule has 0 bridgehead atoms. The molecule has 1 rings (SSSR count). The molecule has 1 aromatic carbocycles. The van der Waals surface area contributed by atoms with E-state index in [0.29, 0.717) is 18.3 Å². The Morgan fingerprint density at radius 3 is 2.50 bits per heavy atom. The first-order valence-corrected chi connectivity index (χ1v) is 6.51. The number of hydrogen-bond donors (Lipinski definition) is 2. The van der Waals surface area contributed by atoms with Crippen molar-refractivity contribution in [1.82, 2.24) is 4.90 Å². The van der Waals surface area contributed by atoms with Crippen LogP contribution < -0.4 is 10.1 Å². The molecule has 0 aliphatic carbocycles. The van der Waals surface area contributed by atoms with Gasteiger partial charge < -0.3 is 20.1 Å². The molecule has 1 aromatic rings. The van der Waals surface area contributed by atoms with Crippen molar-refractivity contribution >= 4 is 23.0 Å². The van der Waals surface area contributed by atoms with E-state index in [0.717, 1.165) is 18.0 Å². The third-order valence-electron chi connectivity index (χ3n) is 2.46. The molecule has 0 saturated carbocycles. The molecule has 0 heterocycles. The van der Waals surface area contributed by atoms with Crippen LogP contribution in [0.3, 0.4) is 0 Å². The van der Waals surface area contributed by atoms with Crippen molar-refractivity contribution in [3.8, 4) is 5.75 Å². The highest BCUT2D eigenvalue weighted by molar-refractivity contribution is 7.80. The lowest BCUT2D eigenvalue weighted by Crippen LogP contribution is -2.36. The molecule has 5 heteroatoms. The van der Waals surface area contributed by atoms with Crippen molar-refractivity contribution in [2.24, 2.45) is 0 Å². The van der Waals surface area contributed by atoms with Gasteiger partial charge >= 0.3 is 0 Å². The maximum atomic E-state index is 8.93. The molecule has 0 saturated heterocycles. The zero-order valence-electron chi connectivity index (χ0n) is 10.8. The molecule has 2 N–H and O–H groups in total. The summed E-state index contributed by atoms with van der Waals surface area (Å²) in [6.45, 7) is 6.02. The Balaban J connectivity index is 2.58. The number of rotatable bonds is 6. The summed E-state index contributed by atoms with van der Waals surface area (Å²) in [6, 6.07) is 7.64. The Labute approximate surface area is 114 Å². The van der Waals surface area contributed by atoms with Gasteiger partial charge in [0.1, 0.15) is 5.75 Å². The topological polar surface area (TPSA) is 44.7 Å². The zero-order chi connectivity index (χ0) is 13.4. The van der Waals surface area contributed by atoms with Crippen molar-refractivity contribution in [2.45, 2.75) is 13.8 Å². The van der Waals surface area contributed by atoms with E-state index in [1.807, 2.05) is 43.0 Å². The van der Waals surface area contributed by atoms with E-state index < -0.39 is 0 Å². The highest BCUT2D eigenvalue weighted by atomic mass is 32.1. The van der Waals surface area contributed by atoms with Crippen LogP contribution in [0.25, 0.3) is 0 Å². The van der Waals surface area contributed by atoms with Crippen LogP contribution in [0.15, 0.2) is 24.3 Å². The zero-order valence-corrected chi connectivity index (χ0v) is 11.7. The van der Waals surface area contributed by atoms with E-state index in [-0.39, 0.29) is 6.61 Å². The number of anilines is 1. The van der Waals surface area contributed by atoms with Gasteiger partial charge in [-0.25, -0.2) is 0 Å². The largest absolute Gasteiger partial charge is 0.494 e. The number of likely N-dealkylation sites (N-methyl/N-ethyl adjacent to an activating group) is 1. The minimum Gasteiger partial charge on any atom is -0.494 e. The van der Waals surface area contributed by atoms with E-state index in [4.69, 9.17) is 22.1 Å². The molecule has 18 heavy (non-hydrogen) atoms. The van der Waals surface area contributed by atoms with Crippen LogP contribution in [-0.2, 0) is 0 Å². The van der Waals surface area contributed by atoms with E-state index in [2.05, 4.69) is 5.32 Å². The van der Waals surface area contributed by atoms with Crippen molar-refractivity contribution in [3.63, 3.8) is 0 Å².